The fourth-order valence-corrected chi connectivity index (χ4v) is 7.15. The Kier molecular flexibility index (Phi) is 6.77. The Morgan fingerprint density at radius 3 is 2.37 bits per heavy atom. The van der Waals surface area contributed by atoms with E-state index < -0.39 is 39.5 Å². The van der Waals surface area contributed by atoms with Gasteiger partial charge in [-0.1, -0.05) is 58.5 Å². The molecule has 0 unspecified atom stereocenters. The highest BCUT2D eigenvalue weighted by Gasteiger charge is 2.69. The first-order valence-electron chi connectivity index (χ1n) is 13.5. The zero-order valence-electron chi connectivity index (χ0n) is 23.5. The first-order chi connectivity index (χ1) is 17.6. The number of fused-ring (bicyclic) bond motifs is 3. The molecule has 0 radical (unpaired) electrons. The number of aromatic hydroxyl groups is 1. The van der Waals surface area contributed by atoms with Gasteiger partial charge in [-0.25, -0.2) is 0 Å². The van der Waals surface area contributed by atoms with Crippen LogP contribution in [0.5, 0.6) is 5.75 Å². The first-order valence-corrected chi connectivity index (χ1v) is 13.5. The Morgan fingerprint density at radius 2 is 1.79 bits per heavy atom. The normalized spacial score (nSPS) is 28.6. The van der Waals surface area contributed by atoms with Crippen molar-refractivity contribution in [2.24, 2.45) is 10.8 Å². The molecule has 6 nitrogen and oxygen atoms in total. The number of phenols is 1. The van der Waals surface area contributed by atoms with E-state index in [9.17, 15) is 29.7 Å². The van der Waals surface area contributed by atoms with Crippen LogP contribution in [-0.2, 0) is 20.8 Å². The summed E-state index contributed by atoms with van der Waals surface area (Å²) in [6.45, 7) is 12.7. The molecule has 0 saturated heterocycles. The van der Waals surface area contributed by atoms with Gasteiger partial charge in [-0.3, -0.25) is 14.4 Å². The fourth-order valence-electron chi connectivity index (χ4n) is 7.15. The number of ketones is 3. The molecule has 3 aliphatic rings. The van der Waals surface area contributed by atoms with Crippen molar-refractivity contribution in [1.29, 1.82) is 0 Å². The minimum Gasteiger partial charge on any atom is -0.507 e. The molecule has 0 spiro atoms. The van der Waals surface area contributed by atoms with E-state index in [0.717, 1.165) is 24.0 Å². The van der Waals surface area contributed by atoms with Crippen LogP contribution >= 0.6 is 0 Å². The second-order valence-electron chi connectivity index (χ2n) is 12.2. The topological polar surface area (TPSA) is 112 Å². The summed E-state index contributed by atoms with van der Waals surface area (Å²) >= 11 is 0. The molecule has 0 aliphatic heterocycles. The number of benzene rings is 1. The smallest absolute Gasteiger partial charge is 0.206 e. The van der Waals surface area contributed by atoms with Crippen molar-refractivity contribution in [2.75, 3.05) is 0 Å². The van der Waals surface area contributed by atoms with Crippen molar-refractivity contribution in [3.63, 3.8) is 0 Å². The van der Waals surface area contributed by atoms with E-state index in [2.05, 4.69) is 18.8 Å². The van der Waals surface area contributed by atoms with E-state index in [1.165, 1.54) is 6.92 Å². The molecule has 1 fully saturated rings. The number of hydrogen-bond donors (Lipinski definition) is 3. The SMILES string of the molecule is CCCCC#Cc1cc(C(C)C)c2c(c1O)C(O)=C1C(=O)[C@@]3(O)C(=O)C(C(C)=O)=C(C)C[C@@]3(C)C[C@@]1(C)C2. The van der Waals surface area contributed by atoms with Crippen LogP contribution in [-0.4, -0.2) is 38.3 Å². The van der Waals surface area contributed by atoms with Gasteiger partial charge in [0.15, 0.2) is 11.4 Å². The monoisotopic (exact) mass is 518 g/mol. The van der Waals surface area contributed by atoms with Crippen molar-refractivity contribution in [3.05, 3.63) is 45.0 Å². The summed E-state index contributed by atoms with van der Waals surface area (Å²) in [4.78, 5) is 40.1. The zero-order chi connectivity index (χ0) is 28.4. The highest BCUT2D eigenvalue weighted by atomic mass is 16.3. The summed E-state index contributed by atoms with van der Waals surface area (Å²) < 4.78 is 0. The average Bonchev–Trinajstić information content (AvgIpc) is 2.79. The number of rotatable bonds is 4. The summed E-state index contributed by atoms with van der Waals surface area (Å²) in [5, 5.41) is 34.8. The van der Waals surface area contributed by atoms with Crippen LogP contribution in [0.2, 0.25) is 0 Å². The zero-order valence-corrected chi connectivity index (χ0v) is 23.5. The fraction of sp³-hybridized carbons (Fsp3) is 0.531. The Bertz CT molecular complexity index is 1400. The van der Waals surface area contributed by atoms with E-state index in [4.69, 9.17) is 0 Å². The molecule has 1 aromatic rings. The number of aliphatic hydroxyl groups is 2. The molecule has 6 heteroatoms. The van der Waals surface area contributed by atoms with Crippen molar-refractivity contribution in [1.82, 2.24) is 0 Å². The van der Waals surface area contributed by atoms with Gasteiger partial charge in [-0.15, -0.1) is 0 Å². The van der Waals surface area contributed by atoms with Gasteiger partial charge >= 0.3 is 0 Å². The van der Waals surface area contributed by atoms with Gasteiger partial charge in [0.25, 0.3) is 0 Å². The van der Waals surface area contributed by atoms with E-state index in [0.29, 0.717) is 24.0 Å². The molecule has 1 aromatic carbocycles. The molecule has 1 saturated carbocycles. The Hall–Kier alpha value is -3.17. The number of carbonyl (C=O) groups is 3. The molecule has 38 heavy (non-hydrogen) atoms. The first kappa shape index (κ1) is 27.9. The Labute approximate surface area is 224 Å². The lowest BCUT2D eigenvalue weighted by molar-refractivity contribution is -0.171. The Morgan fingerprint density at radius 1 is 1.13 bits per heavy atom. The number of hydrogen-bond acceptors (Lipinski definition) is 6. The van der Waals surface area contributed by atoms with Crippen LogP contribution in [0.4, 0.5) is 0 Å². The third-order valence-corrected chi connectivity index (χ3v) is 8.79. The molecule has 3 aliphatic carbocycles. The number of phenolic OH excluding ortho intramolecular Hbond substituents is 1. The number of allylic oxidation sites excluding steroid dienone is 1. The second kappa shape index (κ2) is 9.24. The van der Waals surface area contributed by atoms with Gasteiger partial charge < -0.3 is 15.3 Å². The second-order valence-corrected chi connectivity index (χ2v) is 12.2. The molecule has 0 bridgehead atoms. The van der Waals surface area contributed by atoms with Crippen LogP contribution in [0.3, 0.4) is 0 Å². The molecule has 3 atom stereocenters. The van der Waals surface area contributed by atoms with Crippen LogP contribution in [0.25, 0.3) is 5.76 Å². The molecule has 0 aromatic heterocycles. The number of unbranched alkanes of at least 4 members (excludes halogenated alkanes) is 2. The lowest BCUT2D eigenvalue weighted by Gasteiger charge is -2.56. The lowest BCUT2D eigenvalue weighted by Crippen LogP contribution is -2.67. The summed E-state index contributed by atoms with van der Waals surface area (Å²) in [6.07, 6.45) is 3.40. The Balaban J connectivity index is 1.99. The van der Waals surface area contributed by atoms with Gasteiger partial charge in [0.1, 0.15) is 11.5 Å². The predicted molar refractivity (Wildman–Crippen MR) is 146 cm³/mol. The van der Waals surface area contributed by atoms with Crippen molar-refractivity contribution in [3.8, 4) is 17.6 Å². The molecule has 202 valence electrons. The predicted octanol–water partition coefficient (Wildman–Crippen LogP) is 5.48. The molecule has 0 heterocycles. The third-order valence-electron chi connectivity index (χ3n) is 8.79. The van der Waals surface area contributed by atoms with Gasteiger partial charge in [-0.05, 0) is 62.6 Å². The highest BCUT2D eigenvalue weighted by Crippen LogP contribution is 2.62. The van der Waals surface area contributed by atoms with Gasteiger partial charge in [0.2, 0.25) is 11.6 Å². The maximum absolute atomic E-state index is 14.2. The summed E-state index contributed by atoms with van der Waals surface area (Å²) in [7, 11) is 0. The molecule has 4 rings (SSSR count). The van der Waals surface area contributed by atoms with Crippen molar-refractivity contribution >= 4 is 23.1 Å². The number of aliphatic hydroxyl groups excluding tert-OH is 1. The highest BCUT2D eigenvalue weighted by molar-refractivity contribution is 6.33. The quantitative estimate of drug-likeness (QED) is 0.211. The van der Waals surface area contributed by atoms with Gasteiger partial charge in [0, 0.05) is 22.8 Å². The summed E-state index contributed by atoms with van der Waals surface area (Å²) in [5.41, 5.74) is -2.00. The maximum atomic E-state index is 14.2. The standard InChI is InChI=1S/C32H38O6/c1-8-9-10-11-12-20-13-21(17(2)3)22-15-30(6)16-31(7)14-18(4)23(19(5)33)28(36)32(31,38)29(37)25(30)27(35)24(22)26(20)34/h13,17,34-35,38H,8-10,14-16H2,1-7H3/t30-,31+,32+/m1/s1. The largest absolute Gasteiger partial charge is 0.507 e. The van der Waals surface area contributed by atoms with Crippen LogP contribution in [0.15, 0.2) is 22.8 Å². The number of Topliss-reactive ketones (excluding diaryl/α,β-unsaturated/α-hetero) is 3. The van der Waals surface area contributed by atoms with E-state index >= 15 is 0 Å². The van der Waals surface area contributed by atoms with E-state index in [1.54, 1.807) is 13.8 Å². The molecule has 0 amide bonds. The lowest BCUT2D eigenvalue weighted by atomic mass is 9.46. The van der Waals surface area contributed by atoms with Crippen LogP contribution < -0.4 is 0 Å². The molecule has 3 N–H and O–H groups in total. The number of carbonyl (C=O) groups excluding carboxylic acids is 3. The van der Waals surface area contributed by atoms with Gasteiger partial charge in [-0.2, -0.15) is 0 Å². The summed E-state index contributed by atoms with van der Waals surface area (Å²) in [6, 6.07) is 1.87. The van der Waals surface area contributed by atoms with E-state index in [-0.39, 0.29) is 41.2 Å². The summed E-state index contributed by atoms with van der Waals surface area (Å²) in [5.74, 6) is 3.25. The molecular weight excluding hydrogens is 480 g/mol. The minimum absolute atomic E-state index is 0.0601. The third kappa shape index (κ3) is 3.78. The van der Waals surface area contributed by atoms with Crippen LogP contribution in [0.1, 0.15) is 109 Å². The minimum atomic E-state index is -2.48. The van der Waals surface area contributed by atoms with Crippen molar-refractivity contribution < 1.29 is 29.7 Å². The van der Waals surface area contributed by atoms with Crippen LogP contribution in [0, 0.1) is 22.7 Å². The average molecular weight is 519 g/mol. The van der Waals surface area contributed by atoms with Gasteiger partial charge in [0.05, 0.1) is 16.7 Å². The van der Waals surface area contributed by atoms with Crippen molar-refractivity contribution in [2.45, 2.75) is 98.5 Å². The maximum Gasteiger partial charge on any atom is 0.206 e. The molecular formula is C32H38O6. The van der Waals surface area contributed by atoms with E-state index in [1.807, 2.05) is 26.8 Å².